The molecule has 0 radical (unpaired) electrons. The van der Waals surface area contributed by atoms with E-state index < -0.39 is 21.6 Å². The molecule has 10 heteroatoms. The van der Waals surface area contributed by atoms with E-state index in [1.807, 2.05) is 7.05 Å². The van der Waals surface area contributed by atoms with Gasteiger partial charge in [0.2, 0.25) is 10.0 Å². The number of sulfonamides is 1. The molecule has 4 rings (SSSR count). The molecule has 0 unspecified atom stereocenters. The normalized spacial score (nSPS) is 18.2. The van der Waals surface area contributed by atoms with Gasteiger partial charge >= 0.3 is 5.97 Å². The first-order valence-electron chi connectivity index (χ1n) is 9.34. The lowest BCUT2D eigenvalue weighted by molar-refractivity contribution is 0.0699. The van der Waals surface area contributed by atoms with Crippen LogP contribution in [0.15, 0.2) is 34.1 Å². The Labute approximate surface area is 167 Å². The van der Waals surface area contributed by atoms with Crippen molar-refractivity contribution in [2.24, 2.45) is 0 Å². The van der Waals surface area contributed by atoms with Gasteiger partial charge in [-0.25, -0.2) is 13.2 Å². The van der Waals surface area contributed by atoms with E-state index in [2.05, 4.69) is 14.9 Å². The Morgan fingerprint density at radius 1 is 1.38 bits per heavy atom. The van der Waals surface area contributed by atoms with Gasteiger partial charge in [-0.3, -0.25) is 4.79 Å². The zero-order chi connectivity index (χ0) is 20.9. The second kappa shape index (κ2) is 6.97. The Hall–Kier alpha value is -2.69. The highest BCUT2D eigenvalue weighted by Crippen LogP contribution is 2.29. The van der Waals surface area contributed by atoms with Crippen LogP contribution in [0.25, 0.3) is 21.8 Å². The van der Waals surface area contributed by atoms with E-state index in [1.165, 1.54) is 28.7 Å². The molecule has 0 saturated carbocycles. The fourth-order valence-corrected chi connectivity index (χ4v) is 5.82. The van der Waals surface area contributed by atoms with Crippen molar-refractivity contribution in [3.63, 3.8) is 0 Å². The van der Waals surface area contributed by atoms with Gasteiger partial charge in [0.1, 0.15) is 5.52 Å². The molecular formula is C19H22N4O5S. The summed E-state index contributed by atoms with van der Waals surface area (Å²) in [5.41, 5.74) is -0.0448. The molecule has 1 aliphatic rings. The van der Waals surface area contributed by atoms with E-state index in [0.717, 1.165) is 13.0 Å². The number of fused-ring (bicyclic) bond motifs is 3. The number of likely N-dealkylation sites (tertiary alicyclic amines) is 1. The Balaban J connectivity index is 1.91. The molecule has 29 heavy (non-hydrogen) atoms. The molecule has 1 fully saturated rings. The molecule has 0 aliphatic carbocycles. The van der Waals surface area contributed by atoms with Crippen molar-refractivity contribution in [1.29, 1.82) is 0 Å². The van der Waals surface area contributed by atoms with Crippen LogP contribution in [-0.2, 0) is 10.0 Å². The highest BCUT2D eigenvalue weighted by molar-refractivity contribution is 7.89. The maximum Gasteiger partial charge on any atom is 0.337 e. The smallest absolute Gasteiger partial charge is 0.337 e. The summed E-state index contributed by atoms with van der Waals surface area (Å²) in [6.07, 6.45) is 2.01. The number of rotatable bonds is 5. The van der Waals surface area contributed by atoms with Crippen LogP contribution in [-0.4, -0.2) is 71.4 Å². The van der Waals surface area contributed by atoms with Crippen molar-refractivity contribution in [2.45, 2.75) is 24.3 Å². The van der Waals surface area contributed by atoms with Crippen LogP contribution in [0.2, 0.25) is 0 Å². The van der Waals surface area contributed by atoms with E-state index >= 15 is 0 Å². The zero-order valence-corrected chi connectivity index (χ0v) is 16.9. The molecule has 2 aromatic heterocycles. The molecule has 1 atom stereocenters. The van der Waals surface area contributed by atoms with Crippen LogP contribution in [0.3, 0.4) is 0 Å². The SMILES string of the molecule is CCN([C@H]1CCN(C)C1)S(=O)(=O)c1ccc2[nH]c(=O)c3[nH]cc(C(=O)O)c3c2c1. The largest absolute Gasteiger partial charge is 0.478 e. The zero-order valence-electron chi connectivity index (χ0n) is 16.1. The van der Waals surface area contributed by atoms with Gasteiger partial charge in [0, 0.05) is 41.6 Å². The average Bonchev–Trinajstić information content (AvgIpc) is 3.29. The molecule has 0 bridgehead atoms. The maximum absolute atomic E-state index is 13.4. The van der Waals surface area contributed by atoms with Gasteiger partial charge in [-0.2, -0.15) is 4.31 Å². The van der Waals surface area contributed by atoms with Crippen molar-refractivity contribution < 1.29 is 18.3 Å². The average molecular weight is 418 g/mol. The third-order valence-corrected chi connectivity index (χ3v) is 7.56. The minimum absolute atomic E-state index is 0.0737. The lowest BCUT2D eigenvalue weighted by Crippen LogP contribution is -2.41. The lowest BCUT2D eigenvalue weighted by atomic mass is 10.1. The van der Waals surface area contributed by atoms with Gasteiger partial charge in [-0.15, -0.1) is 0 Å². The van der Waals surface area contributed by atoms with Crippen molar-refractivity contribution in [3.8, 4) is 0 Å². The highest BCUT2D eigenvalue weighted by atomic mass is 32.2. The van der Waals surface area contributed by atoms with Crippen LogP contribution < -0.4 is 5.56 Å². The molecule has 3 heterocycles. The Morgan fingerprint density at radius 2 is 2.14 bits per heavy atom. The number of carboxylic acid groups (broad SMARTS) is 1. The summed E-state index contributed by atoms with van der Waals surface area (Å²) in [4.78, 5) is 31.4. The Kier molecular flexibility index (Phi) is 4.72. The van der Waals surface area contributed by atoms with Crippen molar-refractivity contribution in [2.75, 3.05) is 26.7 Å². The van der Waals surface area contributed by atoms with Crippen molar-refractivity contribution in [1.82, 2.24) is 19.2 Å². The van der Waals surface area contributed by atoms with Crippen LogP contribution in [0.1, 0.15) is 23.7 Å². The van der Waals surface area contributed by atoms with Gasteiger partial charge < -0.3 is 20.0 Å². The number of nitrogens with zero attached hydrogens (tertiary/aromatic N) is 2. The summed E-state index contributed by atoms with van der Waals surface area (Å²) in [7, 11) is -1.83. The molecular weight excluding hydrogens is 396 g/mol. The summed E-state index contributed by atoms with van der Waals surface area (Å²) in [5.74, 6) is -1.19. The molecule has 0 spiro atoms. The van der Waals surface area contributed by atoms with E-state index in [-0.39, 0.29) is 27.4 Å². The van der Waals surface area contributed by atoms with E-state index in [1.54, 1.807) is 6.92 Å². The summed E-state index contributed by atoms with van der Waals surface area (Å²) in [6.45, 7) is 3.65. The molecule has 3 aromatic rings. The number of pyridine rings is 1. The fraction of sp³-hybridized carbons (Fsp3) is 0.368. The van der Waals surface area contributed by atoms with Crippen LogP contribution in [0.5, 0.6) is 0 Å². The number of likely N-dealkylation sites (N-methyl/N-ethyl adjacent to an activating group) is 2. The molecule has 3 N–H and O–H groups in total. The van der Waals surface area contributed by atoms with Crippen molar-refractivity contribution >= 4 is 37.8 Å². The number of nitrogens with one attached hydrogen (secondary N) is 2. The second-order valence-corrected chi connectivity index (χ2v) is 9.22. The first-order valence-corrected chi connectivity index (χ1v) is 10.8. The molecule has 1 aliphatic heterocycles. The van der Waals surface area contributed by atoms with E-state index in [0.29, 0.717) is 24.0 Å². The van der Waals surface area contributed by atoms with Crippen LogP contribution >= 0.6 is 0 Å². The van der Waals surface area contributed by atoms with Gasteiger partial charge in [0.25, 0.3) is 5.56 Å². The van der Waals surface area contributed by atoms with E-state index in [9.17, 15) is 23.1 Å². The molecule has 1 aromatic carbocycles. The van der Waals surface area contributed by atoms with Crippen molar-refractivity contribution in [3.05, 3.63) is 40.3 Å². The van der Waals surface area contributed by atoms with Gasteiger partial charge in [0.15, 0.2) is 0 Å². The third kappa shape index (κ3) is 3.13. The number of aromatic nitrogens is 2. The standard InChI is InChI=1S/C19H22N4O5S/c1-3-23(11-6-7-22(2)10-11)29(27,28)12-4-5-15-13(8-12)16-14(19(25)26)9-20-17(16)18(24)21-15/h4-5,8-9,11,20H,3,6-7,10H2,1-2H3,(H,21,24)(H,25,26)/t11-/m0/s1. The minimum Gasteiger partial charge on any atom is -0.478 e. The van der Waals surface area contributed by atoms with E-state index in [4.69, 9.17) is 0 Å². The number of aromatic amines is 2. The number of carbonyl (C=O) groups is 1. The third-order valence-electron chi connectivity index (χ3n) is 5.54. The number of hydrogen-bond donors (Lipinski definition) is 3. The first-order chi connectivity index (χ1) is 13.7. The predicted molar refractivity (Wildman–Crippen MR) is 109 cm³/mol. The topological polar surface area (TPSA) is 127 Å². The molecule has 1 saturated heterocycles. The number of hydrogen-bond acceptors (Lipinski definition) is 5. The van der Waals surface area contributed by atoms with Gasteiger partial charge in [-0.1, -0.05) is 6.92 Å². The Morgan fingerprint density at radius 3 is 2.76 bits per heavy atom. The number of H-pyrrole nitrogens is 2. The van der Waals surface area contributed by atoms with Gasteiger partial charge in [-0.05, 0) is 38.2 Å². The van der Waals surface area contributed by atoms with Crippen LogP contribution in [0.4, 0.5) is 0 Å². The summed E-state index contributed by atoms with van der Waals surface area (Å²) in [6, 6.07) is 4.30. The first kappa shape index (κ1) is 19.6. The van der Waals surface area contributed by atoms with Crippen LogP contribution in [0, 0.1) is 0 Å². The summed E-state index contributed by atoms with van der Waals surface area (Å²) < 4.78 is 28.2. The minimum atomic E-state index is -3.79. The summed E-state index contributed by atoms with van der Waals surface area (Å²) >= 11 is 0. The molecule has 9 nitrogen and oxygen atoms in total. The fourth-order valence-electron chi connectivity index (χ4n) is 4.14. The summed E-state index contributed by atoms with van der Waals surface area (Å²) in [5, 5.41) is 10.1. The second-order valence-electron chi connectivity index (χ2n) is 7.33. The monoisotopic (exact) mass is 418 g/mol. The van der Waals surface area contributed by atoms with Gasteiger partial charge in [0.05, 0.1) is 10.5 Å². The highest BCUT2D eigenvalue weighted by Gasteiger charge is 2.34. The maximum atomic E-state index is 13.4. The predicted octanol–water partition coefficient (Wildman–Crippen LogP) is 1.42. The number of aromatic carboxylic acids is 1. The molecule has 0 amide bonds. The number of carboxylic acids is 1. The number of benzene rings is 1. The Bertz CT molecular complexity index is 1280. The lowest BCUT2D eigenvalue weighted by Gasteiger charge is -2.27. The quantitative estimate of drug-likeness (QED) is 0.575. The molecule has 154 valence electrons.